The highest BCUT2D eigenvalue weighted by molar-refractivity contribution is 5.65. The summed E-state index contributed by atoms with van der Waals surface area (Å²) >= 11 is 0. The summed E-state index contributed by atoms with van der Waals surface area (Å²) in [7, 11) is 0. The van der Waals surface area contributed by atoms with Gasteiger partial charge in [-0.1, -0.05) is 57.2 Å². The fourth-order valence-corrected chi connectivity index (χ4v) is 1.99. The highest BCUT2D eigenvalue weighted by Gasteiger charge is 2.17. The van der Waals surface area contributed by atoms with Gasteiger partial charge in [-0.3, -0.25) is 0 Å². The molecule has 94 valence electrons. The standard InChI is InChI=1S/C17H21N/c1-4-17(2,3)15-9-5-13(6-10-15)14-7-11-16(18)12-8-14/h5-12H,4,18H2,1-3H3. The van der Waals surface area contributed by atoms with E-state index in [0.717, 1.165) is 12.1 Å². The van der Waals surface area contributed by atoms with E-state index in [0.29, 0.717) is 0 Å². The van der Waals surface area contributed by atoms with E-state index < -0.39 is 0 Å². The van der Waals surface area contributed by atoms with Gasteiger partial charge in [0.25, 0.3) is 0 Å². The Bertz CT molecular complexity index is 506. The summed E-state index contributed by atoms with van der Waals surface area (Å²) in [5, 5.41) is 0. The molecule has 0 heterocycles. The first kappa shape index (κ1) is 12.7. The average Bonchev–Trinajstić information content (AvgIpc) is 2.40. The Hall–Kier alpha value is -1.76. The predicted octanol–water partition coefficient (Wildman–Crippen LogP) is 4.62. The summed E-state index contributed by atoms with van der Waals surface area (Å²) < 4.78 is 0. The van der Waals surface area contributed by atoms with Gasteiger partial charge in [0, 0.05) is 5.69 Å². The van der Waals surface area contributed by atoms with Crippen molar-refractivity contribution in [2.75, 3.05) is 5.73 Å². The molecule has 0 aliphatic heterocycles. The van der Waals surface area contributed by atoms with Crippen LogP contribution in [-0.2, 0) is 5.41 Å². The van der Waals surface area contributed by atoms with Crippen LogP contribution in [0.1, 0.15) is 32.8 Å². The Kier molecular flexibility index (Phi) is 3.42. The van der Waals surface area contributed by atoms with Crippen molar-refractivity contribution in [1.29, 1.82) is 0 Å². The van der Waals surface area contributed by atoms with E-state index in [4.69, 9.17) is 5.73 Å². The molecular formula is C17H21N. The molecule has 0 saturated heterocycles. The van der Waals surface area contributed by atoms with Gasteiger partial charge >= 0.3 is 0 Å². The maximum atomic E-state index is 5.70. The van der Waals surface area contributed by atoms with Crippen molar-refractivity contribution in [2.45, 2.75) is 32.6 Å². The fraction of sp³-hybridized carbons (Fsp3) is 0.294. The summed E-state index contributed by atoms with van der Waals surface area (Å²) in [6, 6.07) is 16.9. The minimum atomic E-state index is 0.250. The van der Waals surface area contributed by atoms with Crippen LogP contribution < -0.4 is 5.73 Å². The molecule has 0 aromatic heterocycles. The van der Waals surface area contributed by atoms with Crippen molar-refractivity contribution in [3.63, 3.8) is 0 Å². The van der Waals surface area contributed by atoms with E-state index in [1.54, 1.807) is 0 Å². The van der Waals surface area contributed by atoms with Crippen molar-refractivity contribution in [3.8, 4) is 11.1 Å². The lowest BCUT2D eigenvalue weighted by Crippen LogP contribution is -2.14. The van der Waals surface area contributed by atoms with Gasteiger partial charge in [0.1, 0.15) is 0 Å². The van der Waals surface area contributed by atoms with E-state index in [1.165, 1.54) is 16.7 Å². The van der Waals surface area contributed by atoms with Crippen molar-refractivity contribution in [2.24, 2.45) is 0 Å². The summed E-state index contributed by atoms with van der Waals surface area (Å²) in [6.45, 7) is 6.80. The zero-order valence-electron chi connectivity index (χ0n) is 11.4. The largest absolute Gasteiger partial charge is 0.399 e. The van der Waals surface area contributed by atoms with Gasteiger partial charge in [-0.15, -0.1) is 0 Å². The monoisotopic (exact) mass is 239 g/mol. The molecule has 2 aromatic rings. The zero-order chi connectivity index (χ0) is 13.2. The number of rotatable bonds is 3. The van der Waals surface area contributed by atoms with Gasteiger partial charge in [-0.05, 0) is 40.7 Å². The van der Waals surface area contributed by atoms with Gasteiger partial charge in [0.05, 0.1) is 0 Å². The number of hydrogen-bond acceptors (Lipinski definition) is 1. The molecule has 18 heavy (non-hydrogen) atoms. The third kappa shape index (κ3) is 2.56. The van der Waals surface area contributed by atoms with E-state index in [2.05, 4.69) is 57.2 Å². The molecule has 1 nitrogen and oxygen atoms in total. The second-order valence-electron chi connectivity index (χ2n) is 5.44. The zero-order valence-corrected chi connectivity index (χ0v) is 11.4. The molecule has 1 heteroatoms. The SMILES string of the molecule is CCC(C)(C)c1ccc(-c2ccc(N)cc2)cc1. The van der Waals surface area contributed by atoms with Crippen molar-refractivity contribution in [1.82, 2.24) is 0 Å². The lowest BCUT2D eigenvalue weighted by molar-refractivity contribution is 0.506. The Morgan fingerprint density at radius 2 is 1.28 bits per heavy atom. The molecule has 2 rings (SSSR count). The first-order valence-electron chi connectivity index (χ1n) is 6.49. The summed E-state index contributed by atoms with van der Waals surface area (Å²) in [5.74, 6) is 0. The fourth-order valence-electron chi connectivity index (χ4n) is 1.99. The lowest BCUT2D eigenvalue weighted by Gasteiger charge is -2.23. The third-order valence-electron chi connectivity index (χ3n) is 3.79. The molecular weight excluding hydrogens is 218 g/mol. The number of benzene rings is 2. The predicted molar refractivity (Wildman–Crippen MR) is 79.6 cm³/mol. The van der Waals surface area contributed by atoms with Crippen LogP contribution in [0.4, 0.5) is 5.69 Å². The summed E-state index contributed by atoms with van der Waals surface area (Å²) in [4.78, 5) is 0. The van der Waals surface area contributed by atoms with Crippen LogP contribution >= 0.6 is 0 Å². The second-order valence-corrected chi connectivity index (χ2v) is 5.44. The van der Waals surface area contributed by atoms with Crippen LogP contribution in [0.25, 0.3) is 11.1 Å². The van der Waals surface area contributed by atoms with Gasteiger partial charge in [-0.2, -0.15) is 0 Å². The quantitative estimate of drug-likeness (QED) is 0.777. The Morgan fingerprint density at radius 3 is 1.72 bits per heavy atom. The molecule has 0 aliphatic carbocycles. The Labute approximate surface area is 110 Å². The minimum Gasteiger partial charge on any atom is -0.399 e. The van der Waals surface area contributed by atoms with Crippen LogP contribution in [0, 0.1) is 0 Å². The maximum absolute atomic E-state index is 5.70. The van der Waals surface area contributed by atoms with Crippen molar-refractivity contribution < 1.29 is 0 Å². The van der Waals surface area contributed by atoms with Crippen molar-refractivity contribution >= 4 is 5.69 Å². The summed E-state index contributed by atoms with van der Waals surface area (Å²) in [6.07, 6.45) is 1.15. The molecule has 0 aliphatic rings. The van der Waals surface area contributed by atoms with E-state index in [1.807, 2.05) is 12.1 Å². The molecule has 0 atom stereocenters. The van der Waals surface area contributed by atoms with E-state index >= 15 is 0 Å². The van der Waals surface area contributed by atoms with Gasteiger partial charge in [0.15, 0.2) is 0 Å². The van der Waals surface area contributed by atoms with E-state index in [9.17, 15) is 0 Å². The minimum absolute atomic E-state index is 0.250. The molecule has 0 fully saturated rings. The van der Waals surface area contributed by atoms with Crippen molar-refractivity contribution in [3.05, 3.63) is 54.1 Å². The average molecular weight is 239 g/mol. The molecule has 0 saturated carbocycles. The first-order chi connectivity index (χ1) is 8.53. The topological polar surface area (TPSA) is 26.0 Å². The van der Waals surface area contributed by atoms with Gasteiger partial charge < -0.3 is 5.73 Å². The third-order valence-corrected chi connectivity index (χ3v) is 3.79. The Morgan fingerprint density at radius 1 is 0.833 bits per heavy atom. The summed E-state index contributed by atoms with van der Waals surface area (Å²) in [5.41, 5.74) is 10.6. The van der Waals surface area contributed by atoms with Gasteiger partial charge in [0.2, 0.25) is 0 Å². The van der Waals surface area contributed by atoms with Crippen LogP contribution in [0.5, 0.6) is 0 Å². The van der Waals surface area contributed by atoms with E-state index in [-0.39, 0.29) is 5.41 Å². The molecule has 0 radical (unpaired) electrons. The van der Waals surface area contributed by atoms with Crippen LogP contribution in [0.2, 0.25) is 0 Å². The molecule has 2 N–H and O–H groups in total. The van der Waals surface area contributed by atoms with Gasteiger partial charge in [-0.25, -0.2) is 0 Å². The maximum Gasteiger partial charge on any atom is 0.0314 e. The first-order valence-corrected chi connectivity index (χ1v) is 6.49. The molecule has 0 spiro atoms. The number of nitrogens with two attached hydrogens (primary N) is 1. The number of hydrogen-bond donors (Lipinski definition) is 1. The second kappa shape index (κ2) is 4.85. The van der Waals surface area contributed by atoms with Crippen LogP contribution in [0.3, 0.4) is 0 Å². The van der Waals surface area contributed by atoms with Crippen LogP contribution in [-0.4, -0.2) is 0 Å². The molecule has 0 bridgehead atoms. The Balaban J connectivity index is 2.30. The highest BCUT2D eigenvalue weighted by Crippen LogP contribution is 2.29. The normalized spacial score (nSPS) is 11.5. The molecule has 0 amide bonds. The highest BCUT2D eigenvalue weighted by atomic mass is 14.5. The lowest BCUT2D eigenvalue weighted by atomic mass is 9.82. The number of anilines is 1. The van der Waals surface area contributed by atoms with Crippen LogP contribution in [0.15, 0.2) is 48.5 Å². The number of nitrogen functional groups attached to an aromatic ring is 1. The molecule has 2 aromatic carbocycles. The smallest absolute Gasteiger partial charge is 0.0314 e. The molecule has 0 unspecified atom stereocenters.